The fraction of sp³-hybridized carbons (Fsp3) is 0.176. The highest BCUT2D eigenvalue weighted by Crippen LogP contribution is 2.21. The minimum atomic E-state index is -0.231. The van der Waals surface area contributed by atoms with Crippen molar-refractivity contribution in [3.63, 3.8) is 0 Å². The molecule has 1 N–H and O–H groups in total. The van der Waals surface area contributed by atoms with Gasteiger partial charge in [-0.3, -0.25) is 4.57 Å². The zero-order valence-electron chi connectivity index (χ0n) is 13.7. The maximum absolute atomic E-state index is 12.0. The maximum atomic E-state index is 12.0. The zero-order valence-corrected chi connectivity index (χ0v) is 14.5. The minimum Gasteiger partial charge on any atom is -0.461 e. The van der Waals surface area contributed by atoms with Gasteiger partial charge < -0.3 is 8.94 Å². The molecule has 0 aliphatic carbocycles. The fourth-order valence-corrected chi connectivity index (χ4v) is 3.25. The van der Waals surface area contributed by atoms with Gasteiger partial charge >= 0.3 is 5.69 Å². The molecule has 0 fully saturated rings. The molecule has 8 nitrogen and oxygen atoms in total. The number of aromatic amines is 1. The molecule has 0 saturated carbocycles. The molecule has 3 aromatic heterocycles. The van der Waals surface area contributed by atoms with E-state index >= 15 is 0 Å². The third kappa shape index (κ3) is 3.62. The largest absolute Gasteiger partial charge is 0.461 e. The topological polar surface area (TPSA) is 103 Å². The summed E-state index contributed by atoms with van der Waals surface area (Å²) >= 11 is 1.36. The Hall–Kier alpha value is -3.07. The number of benzene rings is 1. The van der Waals surface area contributed by atoms with E-state index in [2.05, 4.69) is 20.3 Å². The lowest BCUT2D eigenvalue weighted by Crippen LogP contribution is -2.18. The van der Waals surface area contributed by atoms with Crippen LogP contribution in [0.15, 0.2) is 67.6 Å². The Bertz CT molecular complexity index is 1020. The van der Waals surface area contributed by atoms with Gasteiger partial charge in [0.05, 0.1) is 12.0 Å². The first-order valence-corrected chi connectivity index (χ1v) is 8.96. The van der Waals surface area contributed by atoms with Crippen LogP contribution < -0.4 is 5.69 Å². The lowest BCUT2D eigenvalue weighted by Gasteiger charge is -2.04. The summed E-state index contributed by atoms with van der Waals surface area (Å²) in [4.78, 5) is 16.3. The van der Waals surface area contributed by atoms with Gasteiger partial charge in [0.15, 0.2) is 10.9 Å². The molecule has 0 aliphatic rings. The molecule has 1 aromatic carbocycles. The Balaban J connectivity index is 1.42. The number of nitrogens with zero attached hydrogens (tertiary/aromatic N) is 4. The van der Waals surface area contributed by atoms with Crippen LogP contribution in [-0.2, 0) is 18.7 Å². The average molecular weight is 369 g/mol. The summed E-state index contributed by atoms with van der Waals surface area (Å²) in [6.45, 7) is 0.545. The van der Waals surface area contributed by atoms with Crippen molar-refractivity contribution in [2.24, 2.45) is 0 Å². The predicted molar refractivity (Wildman–Crippen MR) is 94.6 cm³/mol. The first-order chi connectivity index (χ1) is 12.8. The highest BCUT2D eigenvalue weighted by molar-refractivity contribution is 7.98. The van der Waals surface area contributed by atoms with E-state index in [1.807, 2.05) is 30.3 Å². The molecular weight excluding hydrogens is 354 g/mol. The number of thioether (sulfide) groups is 1. The lowest BCUT2D eigenvalue weighted by atomic mass is 10.1. The molecule has 4 rings (SSSR count). The number of aryl methyl sites for hydroxylation is 1. The molecule has 0 amide bonds. The summed E-state index contributed by atoms with van der Waals surface area (Å²) in [7, 11) is 0. The van der Waals surface area contributed by atoms with Crippen molar-refractivity contribution in [3.05, 3.63) is 70.7 Å². The first-order valence-electron chi connectivity index (χ1n) is 7.98. The Morgan fingerprint density at radius 1 is 1.15 bits per heavy atom. The molecule has 132 valence electrons. The van der Waals surface area contributed by atoms with Crippen LogP contribution in [0.5, 0.6) is 0 Å². The van der Waals surface area contributed by atoms with E-state index in [-0.39, 0.29) is 5.69 Å². The van der Waals surface area contributed by atoms with Gasteiger partial charge in [-0.1, -0.05) is 47.3 Å². The molecular formula is C17H15N5O3S. The number of H-pyrrole nitrogens is 1. The van der Waals surface area contributed by atoms with Crippen LogP contribution in [0, 0.1) is 0 Å². The number of rotatable bonds is 7. The van der Waals surface area contributed by atoms with Gasteiger partial charge in [-0.2, -0.15) is 4.98 Å². The second-order valence-corrected chi connectivity index (χ2v) is 6.42. The molecule has 9 heteroatoms. The maximum Gasteiger partial charge on any atom is 0.343 e. The highest BCUT2D eigenvalue weighted by atomic mass is 32.2. The Kier molecular flexibility index (Phi) is 4.69. The third-order valence-corrected chi connectivity index (χ3v) is 4.69. The Morgan fingerprint density at radius 3 is 2.85 bits per heavy atom. The van der Waals surface area contributed by atoms with Crippen LogP contribution in [0.25, 0.3) is 11.6 Å². The van der Waals surface area contributed by atoms with Crippen LogP contribution in [0.3, 0.4) is 0 Å². The van der Waals surface area contributed by atoms with Crippen molar-refractivity contribution >= 4 is 11.8 Å². The molecule has 0 bridgehead atoms. The van der Waals surface area contributed by atoms with Gasteiger partial charge in [-0.15, -0.1) is 5.10 Å². The third-order valence-electron chi connectivity index (χ3n) is 3.72. The molecule has 4 aromatic rings. The van der Waals surface area contributed by atoms with E-state index in [0.717, 1.165) is 12.0 Å². The first kappa shape index (κ1) is 16.4. The number of nitrogens with one attached hydrogen (secondary N) is 1. The zero-order chi connectivity index (χ0) is 17.8. The molecule has 0 spiro atoms. The van der Waals surface area contributed by atoms with Crippen LogP contribution in [0.2, 0.25) is 0 Å². The molecule has 0 saturated heterocycles. The minimum absolute atomic E-state index is 0.231. The summed E-state index contributed by atoms with van der Waals surface area (Å²) in [5.74, 6) is 1.79. The van der Waals surface area contributed by atoms with Crippen molar-refractivity contribution in [2.45, 2.75) is 23.9 Å². The van der Waals surface area contributed by atoms with Crippen molar-refractivity contribution in [3.8, 4) is 11.6 Å². The van der Waals surface area contributed by atoms with Gasteiger partial charge in [-0.25, -0.2) is 9.89 Å². The molecule has 0 radical (unpaired) electrons. The smallest absolute Gasteiger partial charge is 0.343 e. The van der Waals surface area contributed by atoms with E-state index in [0.29, 0.717) is 34.9 Å². The van der Waals surface area contributed by atoms with Gasteiger partial charge in [0, 0.05) is 6.54 Å². The summed E-state index contributed by atoms with van der Waals surface area (Å²) in [5, 5.41) is 11.0. The predicted octanol–water partition coefficient (Wildman–Crippen LogP) is 2.75. The van der Waals surface area contributed by atoms with Gasteiger partial charge in [0.2, 0.25) is 11.7 Å². The second kappa shape index (κ2) is 7.44. The van der Waals surface area contributed by atoms with E-state index in [4.69, 9.17) is 8.94 Å². The van der Waals surface area contributed by atoms with Crippen molar-refractivity contribution in [1.29, 1.82) is 0 Å². The standard InChI is InChI=1S/C17H15N5O3S/c23-16-19-20-17(22(16)9-8-12-5-2-1-3-6-12)26-11-14-18-15(21-25-14)13-7-4-10-24-13/h1-7,10H,8-9,11H2,(H,19,23). The summed E-state index contributed by atoms with van der Waals surface area (Å²) in [5.41, 5.74) is 0.932. The summed E-state index contributed by atoms with van der Waals surface area (Å²) in [6, 6.07) is 13.5. The summed E-state index contributed by atoms with van der Waals surface area (Å²) in [6.07, 6.45) is 2.30. The van der Waals surface area contributed by atoms with E-state index in [1.165, 1.54) is 11.8 Å². The Morgan fingerprint density at radius 2 is 2.04 bits per heavy atom. The molecule has 3 heterocycles. The SMILES string of the molecule is O=c1[nH]nc(SCc2nc(-c3ccco3)no2)n1CCc1ccccc1. The molecule has 0 atom stereocenters. The Labute approximate surface area is 152 Å². The molecule has 0 unspecified atom stereocenters. The van der Waals surface area contributed by atoms with E-state index in [9.17, 15) is 4.79 Å². The number of hydrogen-bond acceptors (Lipinski definition) is 7. The number of aromatic nitrogens is 5. The quantitative estimate of drug-likeness (QED) is 0.500. The van der Waals surface area contributed by atoms with Crippen LogP contribution in [-0.4, -0.2) is 24.9 Å². The van der Waals surface area contributed by atoms with E-state index in [1.54, 1.807) is 23.0 Å². The molecule has 0 aliphatic heterocycles. The lowest BCUT2D eigenvalue weighted by molar-refractivity contribution is 0.390. The van der Waals surface area contributed by atoms with Gasteiger partial charge in [0.1, 0.15) is 0 Å². The second-order valence-electron chi connectivity index (χ2n) is 5.48. The monoisotopic (exact) mass is 369 g/mol. The number of furan rings is 1. The van der Waals surface area contributed by atoms with Crippen LogP contribution in [0.1, 0.15) is 11.5 Å². The number of hydrogen-bond donors (Lipinski definition) is 1. The normalized spacial score (nSPS) is 11.1. The van der Waals surface area contributed by atoms with Gasteiger partial charge in [-0.05, 0) is 24.1 Å². The van der Waals surface area contributed by atoms with Crippen LogP contribution >= 0.6 is 11.8 Å². The van der Waals surface area contributed by atoms with Crippen molar-refractivity contribution < 1.29 is 8.94 Å². The highest BCUT2D eigenvalue weighted by Gasteiger charge is 2.14. The van der Waals surface area contributed by atoms with Crippen LogP contribution in [0.4, 0.5) is 0 Å². The van der Waals surface area contributed by atoms with E-state index < -0.39 is 0 Å². The molecule has 26 heavy (non-hydrogen) atoms. The summed E-state index contributed by atoms with van der Waals surface area (Å²) < 4.78 is 12.1. The average Bonchev–Trinajstić information content (AvgIpc) is 3.41. The van der Waals surface area contributed by atoms with Crippen molar-refractivity contribution in [1.82, 2.24) is 24.9 Å². The van der Waals surface area contributed by atoms with Gasteiger partial charge in [0.25, 0.3) is 0 Å². The fourth-order valence-electron chi connectivity index (χ4n) is 2.44. The van der Waals surface area contributed by atoms with Crippen molar-refractivity contribution in [2.75, 3.05) is 0 Å².